The summed E-state index contributed by atoms with van der Waals surface area (Å²) >= 11 is 0. The van der Waals surface area contributed by atoms with Crippen molar-refractivity contribution in [1.82, 2.24) is 19.9 Å². The van der Waals surface area contributed by atoms with E-state index in [2.05, 4.69) is 205 Å². The fourth-order valence-corrected chi connectivity index (χ4v) is 8.06. The van der Waals surface area contributed by atoms with E-state index in [1.165, 1.54) is 0 Å². The molecule has 2 aliphatic heterocycles. The molecule has 8 nitrogen and oxygen atoms in total. The predicted octanol–water partition coefficient (Wildman–Crippen LogP) is -4.13. The van der Waals surface area contributed by atoms with Crippen LogP contribution in [0.2, 0.25) is 0 Å². The minimum absolute atomic E-state index is 0. The lowest BCUT2D eigenvalue weighted by atomic mass is 10.1. The van der Waals surface area contributed by atoms with E-state index in [0.29, 0.717) is 0 Å². The molecular weight excluding hydrogens is 830 g/mol. The van der Waals surface area contributed by atoms with Gasteiger partial charge in [-0.15, -0.1) is 0 Å². The largest absolute Gasteiger partial charge is 1.00 e. The molecule has 0 unspecified atom stereocenters. The fraction of sp³-hybridized carbons (Fsp3) is 0.167. The average molecular weight is 877 g/mol. The molecule has 60 heavy (non-hydrogen) atoms. The summed E-state index contributed by atoms with van der Waals surface area (Å²) in [4.78, 5) is 18.8. The highest BCUT2D eigenvalue weighted by molar-refractivity contribution is 5.97. The summed E-state index contributed by atoms with van der Waals surface area (Å²) < 4.78 is 8.96. The zero-order valence-corrected chi connectivity index (χ0v) is 37.8. The second-order valence-electron chi connectivity index (χ2n) is 14.9. The maximum absolute atomic E-state index is 5.51. The number of aryl methyl sites for hydroxylation is 4. The van der Waals surface area contributed by atoms with Crippen molar-refractivity contribution in [3.05, 3.63) is 143 Å². The molecule has 306 valence electrons. The Bertz CT molecular complexity index is 2640. The highest BCUT2D eigenvalue weighted by Gasteiger charge is 2.27. The van der Waals surface area contributed by atoms with Gasteiger partial charge in [-0.2, -0.15) is 18.3 Å². The van der Waals surface area contributed by atoms with Gasteiger partial charge in [-0.05, 0) is 72.8 Å². The van der Waals surface area contributed by atoms with Gasteiger partial charge in [-0.25, -0.2) is 9.97 Å². The number of fused-ring (bicyclic) bond motifs is 8. The molecule has 0 aromatic carbocycles. The van der Waals surface area contributed by atoms with Crippen molar-refractivity contribution in [3.8, 4) is 45.0 Å². The molecule has 7 aromatic rings. The molecule has 12 heteroatoms. The van der Waals surface area contributed by atoms with Crippen molar-refractivity contribution in [3.63, 3.8) is 0 Å². The van der Waals surface area contributed by atoms with E-state index in [4.69, 9.17) is 9.97 Å². The summed E-state index contributed by atoms with van der Waals surface area (Å²) in [7, 11) is 8.49. The second kappa shape index (κ2) is 17.9. The first-order valence-corrected chi connectivity index (χ1v) is 19.1. The third-order valence-corrected chi connectivity index (χ3v) is 11.7. The van der Waals surface area contributed by atoms with Gasteiger partial charge in [-0.3, -0.25) is 0 Å². The maximum Gasteiger partial charge on any atom is 0.216 e. The van der Waals surface area contributed by atoms with Crippen LogP contribution in [0.25, 0.3) is 91.4 Å². The minimum Gasteiger partial charge on any atom is -1.00 e. The number of nitrogens with one attached hydrogen (secondary N) is 2. The molecule has 9 heterocycles. The van der Waals surface area contributed by atoms with Gasteiger partial charge < -0.3 is 59.6 Å². The Labute approximate surface area is 375 Å². The van der Waals surface area contributed by atoms with E-state index in [1.807, 2.05) is 0 Å². The van der Waals surface area contributed by atoms with Crippen LogP contribution in [0.1, 0.15) is 45.6 Å². The molecule has 2 N–H and O–H groups in total. The number of hydrogen-bond donors (Lipinski definition) is 2. The highest BCUT2D eigenvalue weighted by atomic mass is 35.5. The van der Waals surface area contributed by atoms with Crippen LogP contribution in [0, 0.1) is 27.7 Å². The second-order valence-corrected chi connectivity index (χ2v) is 14.9. The van der Waals surface area contributed by atoms with Gasteiger partial charge in [0, 0.05) is 76.2 Å². The molecule has 2 aliphatic rings. The first kappa shape index (κ1) is 45.4. The number of pyridine rings is 4. The van der Waals surface area contributed by atoms with Crippen LogP contribution in [0.3, 0.4) is 0 Å². The number of nitrogens with zero attached hydrogens (tertiary/aromatic N) is 6. The van der Waals surface area contributed by atoms with Gasteiger partial charge in [0.05, 0.1) is 67.1 Å². The van der Waals surface area contributed by atoms with Crippen LogP contribution in [-0.4, -0.2) is 19.9 Å². The summed E-state index contributed by atoms with van der Waals surface area (Å²) in [6.07, 6.45) is 8.63. The van der Waals surface area contributed by atoms with E-state index in [-0.39, 0.29) is 49.6 Å². The maximum atomic E-state index is 5.51. The Kier molecular flexibility index (Phi) is 13.6. The van der Waals surface area contributed by atoms with E-state index >= 15 is 0 Å². The van der Waals surface area contributed by atoms with Gasteiger partial charge in [-0.1, -0.05) is 0 Å². The number of aromatic amines is 2. The van der Waals surface area contributed by atoms with Crippen molar-refractivity contribution in [2.45, 2.75) is 27.7 Å². The monoisotopic (exact) mass is 874 g/mol. The Morgan fingerprint density at radius 2 is 0.550 bits per heavy atom. The molecule has 9 rings (SSSR count). The van der Waals surface area contributed by atoms with Gasteiger partial charge in [0.1, 0.15) is 28.2 Å². The van der Waals surface area contributed by atoms with E-state index in [1.54, 1.807) is 0 Å². The summed E-state index contributed by atoms with van der Waals surface area (Å²) in [6.45, 7) is 8.56. The van der Waals surface area contributed by atoms with Gasteiger partial charge in [0.2, 0.25) is 22.8 Å². The van der Waals surface area contributed by atoms with Crippen LogP contribution in [0.15, 0.2) is 97.1 Å². The molecular formula is C48H46Cl4N8. The highest BCUT2D eigenvalue weighted by Crippen LogP contribution is 2.36. The van der Waals surface area contributed by atoms with Crippen LogP contribution in [0.4, 0.5) is 0 Å². The van der Waals surface area contributed by atoms with Crippen molar-refractivity contribution >= 4 is 46.4 Å². The number of H-pyrrole nitrogens is 2. The fourth-order valence-electron chi connectivity index (χ4n) is 8.06. The normalized spacial score (nSPS) is 11.3. The van der Waals surface area contributed by atoms with Crippen LogP contribution in [0.5, 0.6) is 0 Å². The lowest BCUT2D eigenvalue weighted by Crippen LogP contribution is -3.00. The summed E-state index contributed by atoms with van der Waals surface area (Å²) in [5.74, 6) is 0. The quantitative estimate of drug-likeness (QED) is 0.177. The van der Waals surface area contributed by atoms with Gasteiger partial charge in [0.15, 0.2) is 22.8 Å². The molecule has 0 aliphatic carbocycles. The van der Waals surface area contributed by atoms with E-state index < -0.39 is 0 Å². The predicted molar refractivity (Wildman–Crippen MR) is 224 cm³/mol. The first-order valence-electron chi connectivity index (χ1n) is 19.1. The minimum atomic E-state index is 0. The lowest BCUT2D eigenvalue weighted by molar-refractivity contribution is -0.666. The molecule has 0 amide bonds. The van der Waals surface area contributed by atoms with Gasteiger partial charge >= 0.3 is 0 Å². The number of aromatic nitrogens is 8. The third kappa shape index (κ3) is 7.65. The topological polar surface area (TPSA) is 72.9 Å². The number of halogens is 4. The molecule has 0 radical (unpaired) electrons. The van der Waals surface area contributed by atoms with Crippen molar-refractivity contribution in [2.24, 2.45) is 28.2 Å². The molecule has 7 aromatic heterocycles. The molecule has 0 spiro atoms. The molecule has 0 atom stereocenters. The number of rotatable bonds is 4. The molecule has 0 saturated heterocycles. The molecule has 8 bridgehead atoms. The molecule has 0 fully saturated rings. The third-order valence-electron chi connectivity index (χ3n) is 11.7. The van der Waals surface area contributed by atoms with Crippen molar-refractivity contribution in [1.29, 1.82) is 0 Å². The van der Waals surface area contributed by atoms with Crippen molar-refractivity contribution < 1.29 is 67.9 Å². The zero-order valence-electron chi connectivity index (χ0n) is 34.7. The SMILES string of the molecule is Cc1cccc(-c2c3nc(c(-c4cccc(C)[n+]4C)c4ccc([nH]4)c(-c4cccc(C)[n+]4C)c4nc(c(-c5cccc(C)[n+]5C)c5ccc2[nH]5)C=C4)C=C3)[n+]1C.[Cl-].[Cl-].[Cl-].[Cl-]. The van der Waals surface area contributed by atoms with Gasteiger partial charge in [0.25, 0.3) is 0 Å². The van der Waals surface area contributed by atoms with E-state index in [9.17, 15) is 0 Å². The number of hydrogen-bond acceptors (Lipinski definition) is 2. The zero-order chi connectivity index (χ0) is 38.8. The standard InChI is InChI=1S/C48H45N8.4ClH/c1-29-13-9-17-41(53(29)5)45-33-21-23-35(49-33)46(42-18-10-14-30(2)54(42)6)37-25-27-39(51-37)48(44-20-12-16-32(4)56(44)8)40-28-26-38(52-40)47(36-24-22-34(45)50-36)43-19-11-15-31(3)55(43)7;;;;/h9-28H,1-8H3,(H,49,50,51,52);4*1H/q+3;;;;/p-3. The van der Waals surface area contributed by atoms with Crippen LogP contribution >= 0.6 is 0 Å². The molecule has 0 saturated carbocycles. The Balaban J connectivity index is 0.00000171. The first-order chi connectivity index (χ1) is 27.1. The van der Waals surface area contributed by atoms with Crippen LogP contribution < -0.4 is 67.9 Å². The Morgan fingerprint density at radius 1 is 0.333 bits per heavy atom. The Hall–Kier alpha value is -5.64. The lowest BCUT2D eigenvalue weighted by Gasteiger charge is -2.06. The average Bonchev–Trinajstić information content (AvgIpc) is 4.03. The van der Waals surface area contributed by atoms with Crippen LogP contribution in [-0.2, 0) is 28.2 Å². The van der Waals surface area contributed by atoms with E-state index in [0.717, 1.165) is 113 Å². The van der Waals surface area contributed by atoms with Crippen molar-refractivity contribution in [2.75, 3.05) is 0 Å². The summed E-state index contributed by atoms with van der Waals surface area (Å²) in [5, 5.41) is 0. The Morgan fingerprint density at radius 3 is 0.767 bits per heavy atom. The smallest absolute Gasteiger partial charge is 0.216 e. The summed E-state index contributed by atoms with van der Waals surface area (Å²) in [5.41, 5.74) is 20.4. The summed E-state index contributed by atoms with van der Waals surface area (Å²) in [6, 6.07) is 34.5.